The van der Waals surface area contributed by atoms with Crippen LogP contribution in [0.2, 0.25) is 0 Å². The summed E-state index contributed by atoms with van der Waals surface area (Å²) in [5.74, 6) is -1.25. The molecule has 4 nitrogen and oxygen atoms in total. The summed E-state index contributed by atoms with van der Waals surface area (Å²) in [5.41, 5.74) is 7.80. The summed E-state index contributed by atoms with van der Waals surface area (Å²) in [7, 11) is 0. The summed E-state index contributed by atoms with van der Waals surface area (Å²) in [6, 6.07) is 13.5. The molecule has 0 spiro atoms. The van der Waals surface area contributed by atoms with Gasteiger partial charge in [0.2, 0.25) is 0 Å². The van der Waals surface area contributed by atoms with Gasteiger partial charge in [-0.25, -0.2) is 0 Å². The van der Waals surface area contributed by atoms with Crippen molar-refractivity contribution < 1.29 is 15.0 Å². The van der Waals surface area contributed by atoms with E-state index < -0.39 is 12.0 Å². The lowest BCUT2D eigenvalue weighted by Crippen LogP contribution is -2.20. The van der Waals surface area contributed by atoms with Crippen LogP contribution in [0, 0.1) is 0 Å². The van der Waals surface area contributed by atoms with Gasteiger partial charge in [0.1, 0.15) is 11.8 Å². The summed E-state index contributed by atoms with van der Waals surface area (Å²) >= 11 is 0. The third-order valence-corrected chi connectivity index (χ3v) is 2.94. The highest BCUT2D eigenvalue weighted by molar-refractivity contribution is 5.76. The molecular formula is C15H15NO3. The van der Waals surface area contributed by atoms with Crippen LogP contribution >= 0.6 is 0 Å². The van der Waals surface area contributed by atoms with Gasteiger partial charge in [0.05, 0.1) is 0 Å². The molecule has 2 rings (SSSR count). The van der Waals surface area contributed by atoms with Crippen molar-refractivity contribution in [2.75, 3.05) is 0 Å². The molecule has 0 aromatic heterocycles. The topological polar surface area (TPSA) is 83.6 Å². The molecule has 0 saturated carbocycles. The van der Waals surface area contributed by atoms with Crippen LogP contribution in [-0.2, 0) is 11.2 Å². The molecule has 19 heavy (non-hydrogen) atoms. The van der Waals surface area contributed by atoms with Crippen molar-refractivity contribution in [3.63, 3.8) is 0 Å². The number of nitrogens with two attached hydrogens (primary N) is 1. The van der Waals surface area contributed by atoms with Crippen molar-refractivity contribution in [3.05, 3.63) is 65.2 Å². The number of benzene rings is 2. The van der Waals surface area contributed by atoms with Crippen LogP contribution in [0.25, 0.3) is 0 Å². The molecule has 2 aromatic rings. The number of carbonyl (C=O) groups is 1. The van der Waals surface area contributed by atoms with Gasteiger partial charge in [-0.2, -0.15) is 0 Å². The van der Waals surface area contributed by atoms with Crippen molar-refractivity contribution in [2.24, 2.45) is 5.73 Å². The van der Waals surface area contributed by atoms with E-state index in [4.69, 9.17) is 10.8 Å². The molecule has 0 amide bonds. The van der Waals surface area contributed by atoms with E-state index in [1.165, 1.54) is 6.07 Å². The van der Waals surface area contributed by atoms with Crippen LogP contribution in [0.5, 0.6) is 5.75 Å². The number of aliphatic carboxylic acids is 1. The van der Waals surface area contributed by atoms with E-state index in [0.29, 0.717) is 6.42 Å². The third kappa shape index (κ3) is 3.11. The molecule has 98 valence electrons. The minimum absolute atomic E-state index is 0.0910. The Labute approximate surface area is 111 Å². The highest BCUT2D eigenvalue weighted by atomic mass is 16.4. The average molecular weight is 257 g/mol. The minimum Gasteiger partial charge on any atom is -0.508 e. The van der Waals surface area contributed by atoms with E-state index in [1.54, 1.807) is 12.1 Å². The molecule has 0 saturated heterocycles. The number of aromatic hydroxyl groups is 1. The summed E-state index contributed by atoms with van der Waals surface area (Å²) < 4.78 is 0. The highest BCUT2D eigenvalue weighted by Gasteiger charge is 2.18. The molecule has 0 radical (unpaired) electrons. The first kappa shape index (κ1) is 13.1. The van der Waals surface area contributed by atoms with E-state index in [-0.39, 0.29) is 11.3 Å². The lowest BCUT2D eigenvalue weighted by atomic mass is 9.99. The second-order valence-corrected chi connectivity index (χ2v) is 4.37. The van der Waals surface area contributed by atoms with Gasteiger partial charge in [-0.3, -0.25) is 4.79 Å². The number of phenolic OH excluding ortho intramolecular Hbond substituents is 1. The fraction of sp³-hybridized carbons (Fsp3) is 0.133. The van der Waals surface area contributed by atoms with E-state index in [9.17, 15) is 9.90 Å². The number of carboxylic acids is 1. The Hall–Kier alpha value is -2.33. The minimum atomic E-state index is -1.21. The summed E-state index contributed by atoms with van der Waals surface area (Å²) in [6.07, 6.45) is 0.667. The summed E-state index contributed by atoms with van der Waals surface area (Å²) in [4.78, 5) is 10.9. The third-order valence-electron chi connectivity index (χ3n) is 2.94. The van der Waals surface area contributed by atoms with Crippen LogP contribution in [0.3, 0.4) is 0 Å². The fourth-order valence-electron chi connectivity index (χ4n) is 1.93. The lowest BCUT2D eigenvalue weighted by molar-refractivity contribution is -0.138. The molecule has 0 aliphatic heterocycles. The van der Waals surface area contributed by atoms with Gasteiger partial charge < -0.3 is 15.9 Å². The van der Waals surface area contributed by atoms with Crippen LogP contribution < -0.4 is 5.73 Å². The normalized spacial score (nSPS) is 12.1. The molecule has 4 heteroatoms. The van der Waals surface area contributed by atoms with E-state index in [0.717, 1.165) is 11.1 Å². The Balaban J connectivity index is 2.28. The maximum absolute atomic E-state index is 10.9. The number of carboxylic acid groups (broad SMARTS) is 1. The Bertz CT molecular complexity index is 581. The summed E-state index contributed by atoms with van der Waals surface area (Å²) in [6.45, 7) is 0. The molecule has 2 aromatic carbocycles. The van der Waals surface area contributed by atoms with Crippen LogP contribution in [0.15, 0.2) is 48.5 Å². The standard InChI is InChI=1S/C15H15NO3/c16-14(15(18)19)12-9-11(6-7-13(12)17)8-10-4-2-1-3-5-10/h1-7,9,14,17H,8,16H2,(H,18,19)/t14-/m0/s1. The van der Waals surface area contributed by atoms with Crippen molar-refractivity contribution in [1.82, 2.24) is 0 Å². The Kier molecular flexibility index (Phi) is 3.82. The Morgan fingerprint density at radius 3 is 2.42 bits per heavy atom. The van der Waals surface area contributed by atoms with Gasteiger partial charge in [0.25, 0.3) is 0 Å². The predicted octanol–water partition coefficient (Wildman–Crippen LogP) is 2.07. The SMILES string of the molecule is N[C@H](C(=O)O)c1cc(Cc2ccccc2)ccc1O. The van der Waals surface area contributed by atoms with Gasteiger partial charge in [-0.1, -0.05) is 36.4 Å². The molecule has 1 atom stereocenters. The van der Waals surface area contributed by atoms with Gasteiger partial charge in [-0.05, 0) is 29.7 Å². The fourth-order valence-corrected chi connectivity index (χ4v) is 1.93. The highest BCUT2D eigenvalue weighted by Crippen LogP contribution is 2.25. The second kappa shape index (κ2) is 5.54. The smallest absolute Gasteiger partial charge is 0.325 e. The Morgan fingerprint density at radius 1 is 1.11 bits per heavy atom. The zero-order valence-electron chi connectivity index (χ0n) is 10.3. The first-order valence-corrected chi connectivity index (χ1v) is 5.92. The number of hydrogen-bond acceptors (Lipinski definition) is 3. The van der Waals surface area contributed by atoms with Gasteiger partial charge in [-0.15, -0.1) is 0 Å². The summed E-state index contributed by atoms with van der Waals surface area (Å²) in [5, 5.41) is 18.6. The van der Waals surface area contributed by atoms with E-state index in [2.05, 4.69) is 0 Å². The zero-order valence-corrected chi connectivity index (χ0v) is 10.3. The van der Waals surface area contributed by atoms with Gasteiger partial charge in [0, 0.05) is 5.56 Å². The number of phenols is 1. The largest absolute Gasteiger partial charge is 0.508 e. The van der Waals surface area contributed by atoms with Crippen molar-refractivity contribution in [3.8, 4) is 5.75 Å². The molecule has 0 fully saturated rings. The average Bonchev–Trinajstić information content (AvgIpc) is 2.41. The lowest BCUT2D eigenvalue weighted by Gasteiger charge is -2.11. The molecule has 0 aliphatic carbocycles. The molecule has 0 bridgehead atoms. The predicted molar refractivity (Wildman–Crippen MR) is 71.9 cm³/mol. The van der Waals surface area contributed by atoms with Crippen molar-refractivity contribution >= 4 is 5.97 Å². The van der Waals surface area contributed by atoms with Crippen LogP contribution in [0.4, 0.5) is 0 Å². The van der Waals surface area contributed by atoms with Gasteiger partial charge >= 0.3 is 5.97 Å². The van der Waals surface area contributed by atoms with Crippen molar-refractivity contribution in [2.45, 2.75) is 12.5 Å². The second-order valence-electron chi connectivity index (χ2n) is 4.37. The van der Waals surface area contributed by atoms with Crippen LogP contribution in [0.1, 0.15) is 22.7 Å². The molecular weight excluding hydrogens is 242 g/mol. The molecule has 4 N–H and O–H groups in total. The zero-order chi connectivity index (χ0) is 13.8. The van der Waals surface area contributed by atoms with E-state index >= 15 is 0 Å². The quantitative estimate of drug-likeness (QED) is 0.783. The molecule has 0 aliphatic rings. The number of hydrogen-bond donors (Lipinski definition) is 3. The van der Waals surface area contributed by atoms with Crippen molar-refractivity contribution in [1.29, 1.82) is 0 Å². The first-order chi connectivity index (χ1) is 9.08. The first-order valence-electron chi connectivity index (χ1n) is 5.92. The molecule has 0 heterocycles. The maximum atomic E-state index is 10.9. The molecule has 0 unspecified atom stereocenters. The maximum Gasteiger partial charge on any atom is 0.325 e. The Morgan fingerprint density at radius 2 is 1.79 bits per heavy atom. The van der Waals surface area contributed by atoms with Gasteiger partial charge in [0.15, 0.2) is 0 Å². The van der Waals surface area contributed by atoms with Crippen LogP contribution in [-0.4, -0.2) is 16.2 Å². The van der Waals surface area contributed by atoms with E-state index in [1.807, 2.05) is 30.3 Å². The number of rotatable bonds is 4. The monoisotopic (exact) mass is 257 g/mol.